The molecule has 4 aromatic rings. The van der Waals surface area contributed by atoms with Crippen LogP contribution in [0.2, 0.25) is 0 Å². The second kappa shape index (κ2) is 9.84. The Morgan fingerprint density at radius 3 is 2.43 bits per heavy atom. The average molecular weight is 486 g/mol. The van der Waals surface area contributed by atoms with Crippen LogP contribution < -0.4 is 15.5 Å². The third-order valence-electron chi connectivity index (χ3n) is 5.77. The van der Waals surface area contributed by atoms with E-state index in [1.54, 1.807) is 0 Å². The molecule has 1 aliphatic rings. The van der Waals surface area contributed by atoms with E-state index in [1.165, 1.54) is 11.8 Å². The number of amides is 1. The standard InChI is InChI=1S/C27H27N5O2S/c1-4-34-22-12-10-19(11-13-22)23-24(26(33)28-21-15-17(2)14-18(3)16-21)35-27-30-29-25(32(27)31-23)20-8-6-5-7-9-20/h5-16,23-24,31H,4H2,1-3H3,(H,28,33)/t23-,24-/m1/s1. The van der Waals surface area contributed by atoms with Gasteiger partial charge in [-0.1, -0.05) is 60.3 Å². The fourth-order valence-corrected chi connectivity index (χ4v) is 5.36. The lowest BCUT2D eigenvalue weighted by Crippen LogP contribution is -2.41. The van der Waals surface area contributed by atoms with Gasteiger partial charge in [-0.25, -0.2) is 4.68 Å². The van der Waals surface area contributed by atoms with Gasteiger partial charge in [0.1, 0.15) is 11.0 Å². The summed E-state index contributed by atoms with van der Waals surface area (Å²) in [4.78, 5) is 13.6. The number of carbonyl (C=O) groups is 1. The topological polar surface area (TPSA) is 81.1 Å². The molecule has 2 atom stereocenters. The minimum atomic E-state index is -0.464. The maximum Gasteiger partial charge on any atom is 0.240 e. The highest BCUT2D eigenvalue weighted by atomic mass is 32.2. The van der Waals surface area contributed by atoms with E-state index >= 15 is 0 Å². The number of anilines is 1. The summed E-state index contributed by atoms with van der Waals surface area (Å²) in [5, 5.41) is 12.1. The Balaban J connectivity index is 1.50. The number of benzene rings is 3. The number of nitrogens with one attached hydrogen (secondary N) is 2. The molecule has 0 spiro atoms. The highest BCUT2D eigenvalue weighted by Gasteiger charge is 2.38. The Labute approximate surface area is 208 Å². The molecule has 0 radical (unpaired) electrons. The van der Waals surface area contributed by atoms with Crippen LogP contribution >= 0.6 is 11.8 Å². The highest BCUT2D eigenvalue weighted by molar-refractivity contribution is 8.00. The number of hydrogen-bond acceptors (Lipinski definition) is 6. The number of fused-ring (bicyclic) bond motifs is 1. The van der Waals surface area contributed by atoms with Gasteiger partial charge in [0.2, 0.25) is 11.1 Å². The number of ether oxygens (including phenoxy) is 1. The van der Waals surface area contributed by atoms with Crippen LogP contribution in [0.25, 0.3) is 11.4 Å². The molecule has 178 valence electrons. The van der Waals surface area contributed by atoms with E-state index in [0.29, 0.717) is 17.6 Å². The first-order chi connectivity index (χ1) is 17.0. The third kappa shape index (κ3) is 4.88. The Morgan fingerprint density at radius 1 is 1.03 bits per heavy atom. The monoisotopic (exact) mass is 485 g/mol. The number of carbonyl (C=O) groups excluding carboxylic acids is 1. The van der Waals surface area contributed by atoms with E-state index in [4.69, 9.17) is 4.74 Å². The Morgan fingerprint density at radius 2 is 1.74 bits per heavy atom. The first-order valence-electron chi connectivity index (χ1n) is 11.6. The van der Waals surface area contributed by atoms with Crippen molar-refractivity contribution in [3.05, 3.63) is 89.5 Å². The predicted molar refractivity (Wildman–Crippen MR) is 139 cm³/mol. The molecule has 5 rings (SSSR count). The van der Waals surface area contributed by atoms with Crippen molar-refractivity contribution in [1.82, 2.24) is 14.9 Å². The molecule has 0 saturated carbocycles. The fourth-order valence-electron chi connectivity index (χ4n) is 4.28. The first kappa shape index (κ1) is 23.0. The molecule has 35 heavy (non-hydrogen) atoms. The van der Waals surface area contributed by atoms with E-state index in [0.717, 1.165) is 33.7 Å². The normalized spacial score (nSPS) is 16.8. The van der Waals surface area contributed by atoms with E-state index in [9.17, 15) is 4.79 Å². The summed E-state index contributed by atoms with van der Waals surface area (Å²) in [7, 11) is 0. The number of hydrogen-bond donors (Lipinski definition) is 2. The second-order valence-corrected chi connectivity index (χ2v) is 9.63. The number of thioether (sulfide) groups is 1. The van der Waals surface area contributed by atoms with Gasteiger partial charge in [-0.15, -0.1) is 10.2 Å². The Hall–Kier alpha value is -3.78. The molecule has 0 fully saturated rings. The van der Waals surface area contributed by atoms with Gasteiger partial charge in [0.15, 0.2) is 5.82 Å². The number of rotatable bonds is 6. The van der Waals surface area contributed by atoms with Crippen molar-refractivity contribution in [3.63, 3.8) is 0 Å². The van der Waals surface area contributed by atoms with Gasteiger partial charge >= 0.3 is 0 Å². The third-order valence-corrected chi connectivity index (χ3v) is 6.98. The lowest BCUT2D eigenvalue weighted by Gasteiger charge is -2.33. The Bertz CT molecular complexity index is 1320. The molecule has 3 aromatic carbocycles. The van der Waals surface area contributed by atoms with Crippen LogP contribution in [0.1, 0.15) is 29.7 Å². The zero-order valence-corrected chi connectivity index (χ0v) is 20.7. The van der Waals surface area contributed by atoms with Crippen LogP contribution in [0.15, 0.2) is 78.0 Å². The summed E-state index contributed by atoms with van der Waals surface area (Å²) in [6.07, 6.45) is 0. The van der Waals surface area contributed by atoms with Gasteiger partial charge in [0, 0.05) is 11.3 Å². The SMILES string of the molecule is CCOc1ccc([C@H]2Nn3c(nnc3-c3ccccc3)S[C@H]2C(=O)Nc2cc(C)cc(C)c2)cc1. The van der Waals surface area contributed by atoms with Gasteiger partial charge in [-0.05, 0) is 61.7 Å². The molecule has 0 bridgehead atoms. The quantitative estimate of drug-likeness (QED) is 0.383. The van der Waals surface area contributed by atoms with Crippen molar-refractivity contribution < 1.29 is 9.53 Å². The van der Waals surface area contributed by atoms with Crippen LogP contribution in [0, 0.1) is 13.8 Å². The summed E-state index contributed by atoms with van der Waals surface area (Å²) in [6, 6.07) is 23.5. The van der Waals surface area contributed by atoms with Gasteiger partial charge in [0.25, 0.3) is 0 Å². The van der Waals surface area contributed by atoms with E-state index < -0.39 is 5.25 Å². The lowest BCUT2D eigenvalue weighted by molar-refractivity contribution is -0.116. The molecule has 1 aromatic heterocycles. The maximum absolute atomic E-state index is 13.6. The largest absolute Gasteiger partial charge is 0.494 e. The second-order valence-electron chi connectivity index (χ2n) is 8.52. The maximum atomic E-state index is 13.6. The van der Waals surface area contributed by atoms with Crippen molar-refractivity contribution >= 4 is 23.4 Å². The number of nitrogens with zero attached hydrogens (tertiary/aromatic N) is 3. The van der Waals surface area contributed by atoms with Crippen molar-refractivity contribution in [1.29, 1.82) is 0 Å². The number of aryl methyl sites for hydroxylation is 2. The lowest BCUT2D eigenvalue weighted by atomic mass is 10.0. The molecule has 2 N–H and O–H groups in total. The van der Waals surface area contributed by atoms with E-state index in [-0.39, 0.29) is 11.9 Å². The van der Waals surface area contributed by atoms with Gasteiger partial charge in [0.05, 0.1) is 12.6 Å². The van der Waals surface area contributed by atoms with Crippen LogP contribution in [-0.2, 0) is 4.79 Å². The molecular formula is C27H27N5O2S. The molecule has 0 unspecified atom stereocenters. The van der Waals surface area contributed by atoms with E-state index in [1.807, 2.05) is 92.2 Å². The first-order valence-corrected chi connectivity index (χ1v) is 12.5. The molecule has 1 amide bonds. The summed E-state index contributed by atoms with van der Waals surface area (Å²) in [5.41, 5.74) is 8.43. The molecule has 2 heterocycles. The molecule has 0 aliphatic carbocycles. The minimum Gasteiger partial charge on any atom is -0.494 e. The molecule has 8 heteroatoms. The van der Waals surface area contributed by atoms with Crippen LogP contribution in [0.5, 0.6) is 5.75 Å². The zero-order valence-electron chi connectivity index (χ0n) is 19.9. The van der Waals surface area contributed by atoms with E-state index in [2.05, 4.69) is 27.0 Å². The smallest absolute Gasteiger partial charge is 0.240 e. The summed E-state index contributed by atoms with van der Waals surface area (Å²) < 4.78 is 7.49. The molecule has 1 aliphatic heterocycles. The molecule has 7 nitrogen and oxygen atoms in total. The fraction of sp³-hybridized carbons (Fsp3) is 0.222. The van der Waals surface area contributed by atoms with Crippen molar-refractivity contribution in [3.8, 4) is 17.1 Å². The predicted octanol–water partition coefficient (Wildman–Crippen LogP) is 5.36. The van der Waals surface area contributed by atoms with Gasteiger partial charge < -0.3 is 15.5 Å². The number of aromatic nitrogens is 3. The van der Waals surface area contributed by atoms with Crippen molar-refractivity contribution in [2.45, 2.75) is 37.2 Å². The van der Waals surface area contributed by atoms with Gasteiger partial charge in [-0.2, -0.15) is 0 Å². The average Bonchev–Trinajstić information content (AvgIpc) is 3.27. The molecule has 0 saturated heterocycles. The van der Waals surface area contributed by atoms with Crippen LogP contribution in [0.4, 0.5) is 5.69 Å². The summed E-state index contributed by atoms with van der Waals surface area (Å²) in [5.74, 6) is 1.41. The van der Waals surface area contributed by atoms with Crippen LogP contribution in [-0.4, -0.2) is 32.6 Å². The van der Waals surface area contributed by atoms with Crippen LogP contribution in [0.3, 0.4) is 0 Å². The summed E-state index contributed by atoms with van der Waals surface area (Å²) in [6.45, 7) is 6.60. The minimum absolute atomic E-state index is 0.0955. The Kier molecular flexibility index (Phi) is 6.46. The summed E-state index contributed by atoms with van der Waals surface area (Å²) >= 11 is 1.41. The molecular weight excluding hydrogens is 458 g/mol. The van der Waals surface area contributed by atoms with Gasteiger partial charge in [-0.3, -0.25) is 4.79 Å². The zero-order chi connectivity index (χ0) is 24.4. The van der Waals surface area contributed by atoms with Crippen molar-refractivity contribution in [2.75, 3.05) is 17.3 Å². The van der Waals surface area contributed by atoms with Crippen molar-refractivity contribution in [2.24, 2.45) is 0 Å². The highest BCUT2D eigenvalue weighted by Crippen LogP contribution is 2.39.